The number of oxazole rings is 1. The Labute approximate surface area is 189 Å². The fraction of sp³-hybridized carbons (Fsp3) is 0.481. The molecule has 1 heterocycles. The highest BCUT2D eigenvalue weighted by Gasteiger charge is 2.47. The van der Waals surface area contributed by atoms with Gasteiger partial charge >= 0.3 is 0 Å². The van der Waals surface area contributed by atoms with Crippen LogP contribution in [-0.4, -0.2) is 22.3 Å². The molecule has 4 rings (SSSR count). The maximum atomic E-state index is 13.3. The average Bonchev–Trinajstić information content (AvgIpc) is 3.27. The normalized spacial score (nSPS) is 25.5. The Bertz CT molecular complexity index is 1070. The summed E-state index contributed by atoms with van der Waals surface area (Å²) in [5, 5.41) is 0. The number of carbonyl (C=O) groups excluding carboxylic acids is 3. The topological polar surface area (TPSA) is 77.2 Å². The van der Waals surface area contributed by atoms with Crippen molar-refractivity contribution < 1.29 is 18.8 Å². The van der Waals surface area contributed by atoms with Gasteiger partial charge in [0, 0.05) is 24.8 Å². The quantitative estimate of drug-likeness (QED) is 0.381. The Kier molecular flexibility index (Phi) is 6.15. The van der Waals surface area contributed by atoms with Crippen molar-refractivity contribution in [3.05, 3.63) is 52.7 Å². The first-order chi connectivity index (χ1) is 15.3. The number of Topliss-reactive ketones (excluding diaryl/α,β-unsaturated/α-hetero) is 3. The Morgan fingerprint density at radius 1 is 1.12 bits per heavy atom. The lowest BCUT2D eigenvalue weighted by molar-refractivity contribution is -0.138. The highest BCUT2D eigenvalue weighted by atomic mass is 16.3. The third-order valence-corrected chi connectivity index (χ3v) is 7.24. The number of hydrogen-bond donors (Lipinski definition) is 0. The summed E-state index contributed by atoms with van der Waals surface area (Å²) in [5.74, 6) is 5.93. The van der Waals surface area contributed by atoms with Gasteiger partial charge in [-0.1, -0.05) is 5.92 Å². The molecule has 32 heavy (non-hydrogen) atoms. The summed E-state index contributed by atoms with van der Waals surface area (Å²) in [4.78, 5) is 42.7. The molecule has 1 aromatic heterocycles. The van der Waals surface area contributed by atoms with Gasteiger partial charge in [-0.2, -0.15) is 0 Å². The second kappa shape index (κ2) is 8.86. The van der Waals surface area contributed by atoms with E-state index in [1.165, 1.54) is 12.6 Å². The number of carbonyl (C=O) groups is 3. The number of nitrogens with zero attached hydrogens (tertiary/aromatic N) is 1. The third kappa shape index (κ3) is 4.32. The van der Waals surface area contributed by atoms with E-state index in [9.17, 15) is 14.4 Å². The number of rotatable bonds is 4. The van der Waals surface area contributed by atoms with Crippen molar-refractivity contribution >= 4 is 17.3 Å². The molecular weight excluding hydrogens is 402 g/mol. The first kappa shape index (κ1) is 22.2. The molecule has 1 aromatic carbocycles. The molecule has 2 aliphatic carbocycles. The molecule has 0 radical (unpaired) electrons. The summed E-state index contributed by atoms with van der Waals surface area (Å²) in [7, 11) is 0. The highest BCUT2D eigenvalue weighted by molar-refractivity contribution is 6.10. The van der Waals surface area contributed by atoms with E-state index < -0.39 is 5.92 Å². The van der Waals surface area contributed by atoms with Crippen molar-refractivity contribution in [1.29, 1.82) is 0 Å². The lowest BCUT2D eigenvalue weighted by Gasteiger charge is -2.43. The summed E-state index contributed by atoms with van der Waals surface area (Å²) >= 11 is 0. The van der Waals surface area contributed by atoms with E-state index in [1.54, 1.807) is 6.92 Å². The zero-order chi connectivity index (χ0) is 22.9. The molecule has 5 nitrogen and oxygen atoms in total. The van der Waals surface area contributed by atoms with Crippen LogP contribution in [0.4, 0.5) is 0 Å². The van der Waals surface area contributed by atoms with Gasteiger partial charge in [0.25, 0.3) is 0 Å². The minimum atomic E-state index is -0.657. The van der Waals surface area contributed by atoms with E-state index >= 15 is 0 Å². The highest BCUT2D eigenvalue weighted by Crippen LogP contribution is 2.50. The standard InChI is InChI=1S/C27H29NO4/c1-4-5-20-10-17(2)25(18(3)11-20)26-22(30)13-27(14-23(26)31)8-6-19(7-9-27)12-21(29)24-15-28-16-32-24/h10-11,15-16,19,26H,6-9,12-14H2,1-3H3. The first-order valence-electron chi connectivity index (χ1n) is 11.3. The minimum Gasteiger partial charge on any atom is -0.440 e. The Morgan fingerprint density at radius 2 is 1.75 bits per heavy atom. The van der Waals surface area contributed by atoms with Crippen LogP contribution in [0.15, 0.2) is 29.1 Å². The number of benzene rings is 1. The molecule has 5 heteroatoms. The lowest BCUT2D eigenvalue weighted by atomic mass is 9.59. The van der Waals surface area contributed by atoms with Gasteiger partial charge in [-0.05, 0) is 86.6 Å². The lowest BCUT2D eigenvalue weighted by Crippen LogP contribution is -2.42. The van der Waals surface area contributed by atoms with Crippen LogP contribution >= 0.6 is 0 Å². The molecule has 0 aliphatic heterocycles. The molecule has 0 atom stereocenters. The molecule has 0 bridgehead atoms. The van der Waals surface area contributed by atoms with Crippen molar-refractivity contribution in [2.75, 3.05) is 0 Å². The predicted octanol–water partition coefficient (Wildman–Crippen LogP) is 5.13. The molecule has 2 aliphatic rings. The molecule has 2 saturated carbocycles. The molecule has 0 saturated heterocycles. The zero-order valence-corrected chi connectivity index (χ0v) is 19.0. The zero-order valence-electron chi connectivity index (χ0n) is 19.0. The monoisotopic (exact) mass is 431 g/mol. The van der Waals surface area contributed by atoms with Crippen molar-refractivity contribution in [3.8, 4) is 11.8 Å². The summed E-state index contributed by atoms with van der Waals surface area (Å²) in [5.41, 5.74) is 3.45. The van der Waals surface area contributed by atoms with E-state index in [4.69, 9.17) is 4.42 Å². The summed E-state index contributed by atoms with van der Waals surface area (Å²) in [6.45, 7) is 5.72. The van der Waals surface area contributed by atoms with Crippen molar-refractivity contribution in [2.24, 2.45) is 11.3 Å². The number of aryl methyl sites for hydroxylation is 2. The Morgan fingerprint density at radius 3 is 2.28 bits per heavy atom. The molecule has 0 amide bonds. The van der Waals surface area contributed by atoms with Gasteiger partial charge in [-0.25, -0.2) is 4.98 Å². The average molecular weight is 432 g/mol. The third-order valence-electron chi connectivity index (χ3n) is 7.24. The van der Waals surface area contributed by atoms with Crippen molar-refractivity contribution in [2.45, 2.75) is 71.6 Å². The number of ketones is 3. The van der Waals surface area contributed by atoms with Crippen LogP contribution in [-0.2, 0) is 9.59 Å². The SMILES string of the molecule is CC#Cc1cc(C)c(C2C(=O)CC3(CCC(CC(=O)c4cnco4)CC3)CC2=O)c(C)c1. The second-order valence-electron chi connectivity index (χ2n) is 9.55. The second-order valence-corrected chi connectivity index (χ2v) is 9.55. The van der Waals surface area contributed by atoms with Crippen LogP contribution in [0, 0.1) is 37.0 Å². The number of aromatic nitrogens is 1. The van der Waals surface area contributed by atoms with Crippen LogP contribution in [0.1, 0.15) is 90.6 Å². The summed E-state index contributed by atoms with van der Waals surface area (Å²) in [6, 6.07) is 3.95. The van der Waals surface area contributed by atoms with Crippen molar-refractivity contribution in [3.63, 3.8) is 0 Å². The van der Waals surface area contributed by atoms with Crippen LogP contribution in [0.2, 0.25) is 0 Å². The minimum absolute atomic E-state index is 0.0264. The molecule has 166 valence electrons. The van der Waals surface area contributed by atoms with E-state index in [0.717, 1.165) is 47.9 Å². The maximum Gasteiger partial charge on any atom is 0.199 e. The maximum absolute atomic E-state index is 13.3. The van der Waals surface area contributed by atoms with Gasteiger partial charge in [0.2, 0.25) is 0 Å². The van der Waals surface area contributed by atoms with Gasteiger partial charge in [-0.15, -0.1) is 5.92 Å². The molecule has 1 spiro atoms. The van der Waals surface area contributed by atoms with Crippen molar-refractivity contribution in [1.82, 2.24) is 4.98 Å². The summed E-state index contributed by atoms with van der Waals surface area (Å²) < 4.78 is 5.11. The molecule has 2 aromatic rings. The fourth-order valence-electron chi connectivity index (χ4n) is 5.72. The molecular formula is C27H29NO4. The van der Waals surface area contributed by atoms with Gasteiger partial charge in [-0.3, -0.25) is 14.4 Å². The largest absolute Gasteiger partial charge is 0.440 e. The van der Waals surface area contributed by atoms with Crippen LogP contribution in [0.3, 0.4) is 0 Å². The van der Waals surface area contributed by atoms with E-state index in [2.05, 4.69) is 16.8 Å². The first-order valence-corrected chi connectivity index (χ1v) is 11.3. The summed E-state index contributed by atoms with van der Waals surface area (Å²) in [6.07, 6.45) is 7.39. The van der Waals surface area contributed by atoms with Crippen LogP contribution in [0.25, 0.3) is 0 Å². The molecule has 0 unspecified atom stereocenters. The fourth-order valence-corrected chi connectivity index (χ4v) is 5.72. The van der Waals surface area contributed by atoms with E-state index in [1.807, 2.05) is 26.0 Å². The number of hydrogen-bond acceptors (Lipinski definition) is 5. The van der Waals surface area contributed by atoms with Crippen LogP contribution in [0.5, 0.6) is 0 Å². The van der Waals surface area contributed by atoms with E-state index in [0.29, 0.717) is 25.0 Å². The van der Waals surface area contributed by atoms with Gasteiger partial charge in [0.15, 0.2) is 17.9 Å². The van der Waals surface area contributed by atoms with Gasteiger partial charge in [0.1, 0.15) is 17.5 Å². The smallest absolute Gasteiger partial charge is 0.199 e. The van der Waals surface area contributed by atoms with E-state index in [-0.39, 0.29) is 28.7 Å². The van der Waals surface area contributed by atoms with Gasteiger partial charge in [0.05, 0.1) is 6.20 Å². The predicted molar refractivity (Wildman–Crippen MR) is 120 cm³/mol. The Hall–Kier alpha value is -3.00. The Balaban J connectivity index is 1.45. The molecule has 2 fully saturated rings. The molecule has 0 N–H and O–H groups in total. The van der Waals surface area contributed by atoms with Crippen LogP contribution < -0.4 is 0 Å². The van der Waals surface area contributed by atoms with Gasteiger partial charge < -0.3 is 4.42 Å².